The Morgan fingerprint density at radius 2 is 2.10 bits per heavy atom. The molecular formula is C15H9ClFIN2O. The van der Waals surface area contributed by atoms with Crippen molar-refractivity contribution in [3.63, 3.8) is 0 Å². The van der Waals surface area contributed by atoms with Gasteiger partial charge in [-0.3, -0.25) is 9.36 Å². The molecule has 0 aliphatic rings. The molecule has 0 N–H and O–H groups in total. The van der Waals surface area contributed by atoms with Crippen LogP contribution in [0.3, 0.4) is 0 Å². The second-order valence-electron chi connectivity index (χ2n) is 4.55. The van der Waals surface area contributed by atoms with Gasteiger partial charge in [-0.15, -0.1) is 0 Å². The number of rotatable bonds is 2. The van der Waals surface area contributed by atoms with Crippen molar-refractivity contribution < 1.29 is 4.39 Å². The van der Waals surface area contributed by atoms with Gasteiger partial charge < -0.3 is 0 Å². The lowest BCUT2D eigenvalue weighted by Crippen LogP contribution is -2.21. The van der Waals surface area contributed by atoms with Crippen molar-refractivity contribution in [2.24, 2.45) is 0 Å². The average molecular weight is 415 g/mol. The monoisotopic (exact) mass is 414 g/mol. The third-order valence-corrected chi connectivity index (χ3v) is 4.25. The summed E-state index contributed by atoms with van der Waals surface area (Å²) in [5, 5.41) is 0.573. The first-order chi connectivity index (χ1) is 10.1. The highest BCUT2D eigenvalue weighted by atomic mass is 127. The van der Waals surface area contributed by atoms with Crippen LogP contribution in [0.2, 0.25) is 5.02 Å². The summed E-state index contributed by atoms with van der Waals surface area (Å²) in [5.41, 5.74) is 1.02. The summed E-state index contributed by atoms with van der Waals surface area (Å²) < 4.78 is 15.8. The fourth-order valence-corrected chi connectivity index (χ4v) is 2.77. The van der Waals surface area contributed by atoms with Crippen molar-refractivity contribution in [1.82, 2.24) is 9.55 Å². The van der Waals surface area contributed by atoms with E-state index in [9.17, 15) is 9.18 Å². The van der Waals surface area contributed by atoms with E-state index in [1.54, 1.807) is 24.3 Å². The van der Waals surface area contributed by atoms with Crippen LogP contribution in [0.15, 0.2) is 47.5 Å². The highest BCUT2D eigenvalue weighted by molar-refractivity contribution is 14.1. The Hall–Kier alpha value is -1.47. The van der Waals surface area contributed by atoms with E-state index in [-0.39, 0.29) is 17.1 Å². The van der Waals surface area contributed by atoms with Gasteiger partial charge in [0.15, 0.2) is 0 Å². The molecule has 6 heteroatoms. The second kappa shape index (κ2) is 5.73. The predicted molar refractivity (Wildman–Crippen MR) is 89.2 cm³/mol. The summed E-state index contributed by atoms with van der Waals surface area (Å²) >= 11 is 8.07. The summed E-state index contributed by atoms with van der Waals surface area (Å²) in [7, 11) is 0. The van der Waals surface area contributed by atoms with Gasteiger partial charge in [0.25, 0.3) is 5.56 Å². The number of nitrogens with zero attached hydrogens (tertiary/aromatic N) is 2. The molecule has 0 amide bonds. The molecule has 0 bridgehead atoms. The third kappa shape index (κ3) is 2.80. The van der Waals surface area contributed by atoms with Gasteiger partial charge in [0, 0.05) is 3.57 Å². The van der Waals surface area contributed by atoms with E-state index in [2.05, 4.69) is 27.6 Å². The topological polar surface area (TPSA) is 34.9 Å². The lowest BCUT2D eigenvalue weighted by atomic mass is 10.2. The Kier molecular flexibility index (Phi) is 3.95. The summed E-state index contributed by atoms with van der Waals surface area (Å²) in [4.78, 5) is 16.7. The van der Waals surface area contributed by atoms with Gasteiger partial charge in [0.1, 0.15) is 5.82 Å². The van der Waals surface area contributed by atoms with Crippen molar-refractivity contribution in [2.45, 2.75) is 6.54 Å². The second-order valence-corrected chi connectivity index (χ2v) is 6.18. The molecule has 3 rings (SSSR count). The Bertz CT molecular complexity index is 894. The Morgan fingerprint density at radius 1 is 1.29 bits per heavy atom. The molecule has 0 unspecified atom stereocenters. The first-order valence-electron chi connectivity index (χ1n) is 6.14. The van der Waals surface area contributed by atoms with Gasteiger partial charge in [-0.05, 0) is 52.4 Å². The third-order valence-electron chi connectivity index (χ3n) is 3.16. The molecule has 106 valence electrons. The zero-order valence-corrected chi connectivity index (χ0v) is 13.6. The van der Waals surface area contributed by atoms with Crippen LogP contribution < -0.4 is 5.56 Å². The average Bonchev–Trinajstić information content (AvgIpc) is 2.47. The van der Waals surface area contributed by atoms with Crippen LogP contribution in [-0.4, -0.2) is 9.55 Å². The first-order valence-corrected chi connectivity index (χ1v) is 7.59. The SMILES string of the molecule is O=c1c2cc(I)ccc2ncn1Cc1cccc(F)c1Cl. The maximum Gasteiger partial charge on any atom is 0.261 e. The molecular weight excluding hydrogens is 406 g/mol. The highest BCUT2D eigenvalue weighted by Crippen LogP contribution is 2.20. The zero-order chi connectivity index (χ0) is 15.0. The number of halogens is 3. The molecule has 0 aliphatic carbocycles. The molecule has 0 spiro atoms. The van der Waals surface area contributed by atoms with Gasteiger partial charge in [-0.1, -0.05) is 23.7 Å². The van der Waals surface area contributed by atoms with Crippen LogP contribution >= 0.6 is 34.2 Å². The van der Waals surface area contributed by atoms with E-state index in [0.29, 0.717) is 16.5 Å². The van der Waals surface area contributed by atoms with Gasteiger partial charge >= 0.3 is 0 Å². The fraction of sp³-hybridized carbons (Fsp3) is 0.0667. The van der Waals surface area contributed by atoms with Crippen LogP contribution in [0, 0.1) is 9.39 Å². The zero-order valence-electron chi connectivity index (χ0n) is 10.7. The molecule has 3 aromatic rings. The normalized spacial score (nSPS) is 11.0. The minimum atomic E-state index is -0.495. The molecule has 2 aromatic carbocycles. The Labute approximate surface area is 138 Å². The molecule has 3 nitrogen and oxygen atoms in total. The van der Waals surface area contributed by atoms with Crippen LogP contribution in [0.25, 0.3) is 10.9 Å². The quantitative estimate of drug-likeness (QED) is 0.597. The van der Waals surface area contributed by atoms with Crippen molar-refractivity contribution in [2.75, 3.05) is 0 Å². The Balaban J connectivity index is 2.11. The summed E-state index contributed by atoms with van der Waals surface area (Å²) in [6.07, 6.45) is 1.46. The minimum Gasteiger partial charge on any atom is -0.294 e. The molecule has 0 atom stereocenters. The maximum atomic E-state index is 13.5. The van der Waals surface area contributed by atoms with Crippen LogP contribution in [0.1, 0.15) is 5.56 Å². The number of aromatic nitrogens is 2. The van der Waals surface area contributed by atoms with Crippen LogP contribution in [0.5, 0.6) is 0 Å². The summed E-state index contributed by atoms with van der Waals surface area (Å²) in [5.74, 6) is -0.495. The van der Waals surface area contributed by atoms with Crippen molar-refractivity contribution in [3.05, 3.63) is 73.1 Å². The highest BCUT2D eigenvalue weighted by Gasteiger charge is 2.09. The molecule has 21 heavy (non-hydrogen) atoms. The van der Waals surface area contributed by atoms with Crippen LogP contribution in [0.4, 0.5) is 4.39 Å². The molecule has 0 saturated heterocycles. The number of benzene rings is 2. The lowest BCUT2D eigenvalue weighted by Gasteiger charge is -2.09. The molecule has 0 radical (unpaired) electrons. The van der Waals surface area contributed by atoms with Gasteiger partial charge in [0.05, 0.1) is 28.8 Å². The standard InChI is InChI=1S/C15H9ClFIN2O/c16-14-9(2-1-3-12(14)17)7-20-8-19-13-5-4-10(18)6-11(13)15(20)21/h1-6,8H,7H2. The minimum absolute atomic E-state index is 0.0344. The van der Waals surface area contributed by atoms with E-state index in [1.165, 1.54) is 17.0 Å². The lowest BCUT2D eigenvalue weighted by molar-refractivity contribution is 0.623. The van der Waals surface area contributed by atoms with E-state index in [4.69, 9.17) is 11.6 Å². The molecule has 0 aliphatic heterocycles. The maximum absolute atomic E-state index is 13.5. The van der Waals surface area contributed by atoms with Crippen molar-refractivity contribution >= 4 is 45.1 Å². The summed E-state index contributed by atoms with van der Waals surface area (Å²) in [6.45, 7) is 0.184. The number of hydrogen-bond acceptors (Lipinski definition) is 2. The van der Waals surface area contributed by atoms with Crippen molar-refractivity contribution in [1.29, 1.82) is 0 Å². The van der Waals surface area contributed by atoms with E-state index in [1.807, 2.05) is 6.07 Å². The molecule has 0 fully saturated rings. The van der Waals surface area contributed by atoms with Gasteiger partial charge in [-0.25, -0.2) is 9.37 Å². The van der Waals surface area contributed by atoms with E-state index >= 15 is 0 Å². The van der Waals surface area contributed by atoms with Crippen LogP contribution in [-0.2, 0) is 6.54 Å². The number of hydrogen-bond donors (Lipinski definition) is 0. The largest absolute Gasteiger partial charge is 0.294 e. The molecule has 1 aromatic heterocycles. The first kappa shape index (κ1) is 14.5. The smallest absolute Gasteiger partial charge is 0.261 e. The molecule has 0 saturated carbocycles. The fourth-order valence-electron chi connectivity index (χ4n) is 2.10. The van der Waals surface area contributed by atoms with Crippen molar-refractivity contribution in [3.8, 4) is 0 Å². The number of fused-ring (bicyclic) bond motifs is 1. The molecule has 1 heterocycles. The van der Waals surface area contributed by atoms with Gasteiger partial charge in [0.2, 0.25) is 0 Å². The van der Waals surface area contributed by atoms with Gasteiger partial charge in [-0.2, -0.15) is 0 Å². The Morgan fingerprint density at radius 3 is 2.90 bits per heavy atom. The van der Waals surface area contributed by atoms with E-state index in [0.717, 1.165) is 3.57 Å². The predicted octanol–water partition coefficient (Wildman–Crippen LogP) is 3.84. The van der Waals surface area contributed by atoms with E-state index < -0.39 is 5.82 Å². The summed E-state index contributed by atoms with van der Waals surface area (Å²) in [6, 6.07) is 10.0.